The second-order valence-corrected chi connectivity index (χ2v) is 2.63. The zero-order valence-corrected chi connectivity index (χ0v) is 7.60. The van der Waals surface area contributed by atoms with Gasteiger partial charge < -0.3 is 5.73 Å². The second kappa shape index (κ2) is 4.81. The van der Waals surface area contributed by atoms with Gasteiger partial charge in [-0.3, -0.25) is 0 Å². The summed E-state index contributed by atoms with van der Waals surface area (Å²) in [5, 5.41) is 3.60. The van der Waals surface area contributed by atoms with Crippen LogP contribution in [0, 0.1) is 0 Å². The predicted octanol–water partition coefficient (Wildman–Crippen LogP) is 1.35. The van der Waals surface area contributed by atoms with Gasteiger partial charge in [-0.1, -0.05) is 36.9 Å². The summed E-state index contributed by atoms with van der Waals surface area (Å²) in [6.45, 7) is 3.78. The van der Waals surface area contributed by atoms with E-state index in [9.17, 15) is 4.79 Å². The Labute approximate surface area is 82.1 Å². The van der Waals surface area contributed by atoms with Crippen LogP contribution in [0.4, 0.5) is 4.79 Å². The lowest BCUT2D eigenvalue weighted by Crippen LogP contribution is -2.24. The Balaban J connectivity index is 2.59. The van der Waals surface area contributed by atoms with E-state index in [1.807, 2.05) is 30.3 Å². The molecule has 0 saturated carbocycles. The molecule has 0 aromatic heterocycles. The number of benzene rings is 1. The van der Waals surface area contributed by atoms with E-state index in [-0.39, 0.29) is 0 Å². The minimum absolute atomic E-state index is 0.692. The molecule has 0 fully saturated rings. The summed E-state index contributed by atoms with van der Waals surface area (Å²) in [7, 11) is 0. The molecular formula is C10H11N3O. The number of nitrogens with zero attached hydrogens (tertiary/aromatic N) is 1. The number of nitrogens with two attached hydrogens (primary N) is 1. The first-order chi connectivity index (χ1) is 6.70. The maximum atomic E-state index is 10.3. The quantitative estimate of drug-likeness (QED) is 0.547. The van der Waals surface area contributed by atoms with Crippen molar-refractivity contribution < 1.29 is 4.79 Å². The number of urea groups is 1. The van der Waals surface area contributed by atoms with Gasteiger partial charge in [-0.15, -0.1) is 0 Å². The average Bonchev–Trinajstić information content (AvgIpc) is 2.18. The number of nitrogens with one attached hydrogen (secondary N) is 1. The number of hydrogen-bond donors (Lipinski definition) is 2. The highest BCUT2D eigenvalue weighted by atomic mass is 16.2. The smallest absolute Gasteiger partial charge is 0.332 e. The third-order valence-corrected chi connectivity index (χ3v) is 1.54. The fourth-order valence-corrected chi connectivity index (χ4v) is 0.901. The van der Waals surface area contributed by atoms with Crippen molar-refractivity contribution >= 4 is 17.8 Å². The van der Waals surface area contributed by atoms with Crippen molar-refractivity contribution in [3.8, 4) is 0 Å². The summed E-state index contributed by atoms with van der Waals surface area (Å²) in [6, 6.07) is 8.82. The monoisotopic (exact) mass is 189 g/mol. The van der Waals surface area contributed by atoms with Crippen molar-refractivity contribution in [1.82, 2.24) is 5.43 Å². The van der Waals surface area contributed by atoms with Crippen LogP contribution in [0.1, 0.15) is 5.56 Å². The van der Waals surface area contributed by atoms with Crippen LogP contribution in [0.3, 0.4) is 0 Å². The van der Waals surface area contributed by atoms with Gasteiger partial charge in [-0.2, -0.15) is 5.10 Å². The summed E-state index contributed by atoms with van der Waals surface area (Å²) < 4.78 is 0. The normalized spacial score (nSPS) is 10.0. The molecule has 2 amide bonds. The Hall–Kier alpha value is -2.10. The maximum Gasteiger partial charge on any atom is 0.332 e. The molecule has 1 aromatic carbocycles. The van der Waals surface area contributed by atoms with Crippen LogP contribution in [0.2, 0.25) is 0 Å². The number of hydrogen-bond acceptors (Lipinski definition) is 2. The Morgan fingerprint density at radius 3 is 2.64 bits per heavy atom. The van der Waals surface area contributed by atoms with E-state index in [2.05, 4.69) is 17.1 Å². The molecule has 1 aromatic rings. The van der Waals surface area contributed by atoms with E-state index in [4.69, 9.17) is 5.73 Å². The third-order valence-electron chi connectivity index (χ3n) is 1.54. The Bertz CT molecular complexity index is 357. The molecule has 0 radical (unpaired) electrons. The van der Waals surface area contributed by atoms with E-state index in [0.717, 1.165) is 5.56 Å². The maximum absolute atomic E-state index is 10.3. The molecule has 4 heteroatoms. The van der Waals surface area contributed by atoms with Gasteiger partial charge in [-0.05, 0) is 11.1 Å². The van der Waals surface area contributed by atoms with Gasteiger partial charge in [-0.25, -0.2) is 10.2 Å². The van der Waals surface area contributed by atoms with Crippen LogP contribution in [0.25, 0.3) is 5.57 Å². The summed E-state index contributed by atoms with van der Waals surface area (Å²) in [6.07, 6.45) is 1.44. The van der Waals surface area contributed by atoms with E-state index >= 15 is 0 Å². The topological polar surface area (TPSA) is 67.5 Å². The largest absolute Gasteiger partial charge is 0.350 e. The lowest BCUT2D eigenvalue weighted by molar-refractivity contribution is 0.249. The van der Waals surface area contributed by atoms with E-state index < -0.39 is 6.03 Å². The number of carbonyl (C=O) groups is 1. The van der Waals surface area contributed by atoms with Gasteiger partial charge in [0, 0.05) is 0 Å². The highest BCUT2D eigenvalue weighted by Gasteiger charge is 1.93. The SMILES string of the molecule is C=C(/C=N/NC(N)=O)c1ccccc1. The molecule has 0 bridgehead atoms. The molecule has 4 nitrogen and oxygen atoms in total. The van der Waals surface area contributed by atoms with Crippen LogP contribution in [-0.4, -0.2) is 12.2 Å². The number of rotatable bonds is 3. The number of allylic oxidation sites excluding steroid dienone is 1. The van der Waals surface area contributed by atoms with Crippen LogP contribution in [0.5, 0.6) is 0 Å². The summed E-state index contributed by atoms with van der Waals surface area (Å²) >= 11 is 0. The molecule has 3 N–H and O–H groups in total. The minimum Gasteiger partial charge on any atom is -0.350 e. The zero-order chi connectivity index (χ0) is 10.4. The molecule has 72 valence electrons. The fourth-order valence-electron chi connectivity index (χ4n) is 0.901. The molecule has 0 aliphatic carbocycles. The first-order valence-electron chi connectivity index (χ1n) is 4.03. The molecule has 0 unspecified atom stereocenters. The number of hydrazone groups is 1. The number of amides is 2. The average molecular weight is 189 g/mol. The molecule has 1 rings (SSSR count). The number of primary amides is 1. The molecule has 0 saturated heterocycles. The van der Waals surface area contributed by atoms with Gasteiger partial charge in [0.1, 0.15) is 0 Å². The Morgan fingerprint density at radius 2 is 2.07 bits per heavy atom. The predicted molar refractivity (Wildman–Crippen MR) is 56.7 cm³/mol. The third kappa shape index (κ3) is 3.10. The Kier molecular flexibility index (Phi) is 3.43. The van der Waals surface area contributed by atoms with Crippen molar-refractivity contribution in [2.75, 3.05) is 0 Å². The first-order valence-corrected chi connectivity index (χ1v) is 4.03. The summed E-state index contributed by atoms with van der Waals surface area (Å²) in [5.74, 6) is 0. The molecule has 0 aliphatic heterocycles. The van der Waals surface area contributed by atoms with Crippen LogP contribution in [-0.2, 0) is 0 Å². The van der Waals surface area contributed by atoms with Crippen molar-refractivity contribution in [2.45, 2.75) is 0 Å². The lowest BCUT2D eigenvalue weighted by atomic mass is 10.1. The number of carbonyl (C=O) groups excluding carboxylic acids is 1. The second-order valence-electron chi connectivity index (χ2n) is 2.63. The van der Waals surface area contributed by atoms with Crippen molar-refractivity contribution in [1.29, 1.82) is 0 Å². The van der Waals surface area contributed by atoms with Gasteiger partial charge in [0.05, 0.1) is 6.21 Å². The Morgan fingerprint density at radius 1 is 1.43 bits per heavy atom. The minimum atomic E-state index is -0.692. The lowest BCUT2D eigenvalue weighted by Gasteiger charge is -1.98. The van der Waals surface area contributed by atoms with Crippen LogP contribution < -0.4 is 11.2 Å². The van der Waals surface area contributed by atoms with Gasteiger partial charge in [0.15, 0.2) is 0 Å². The first kappa shape index (κ1) is 9.98. The fraction of sp³-hybridized carbons (Fsp3) is 0. The summed E-state index contributed by atoms with van der Waals surface area (Å²) in [4.78, 5) is 10.3. The standard InChI is InChI=1S/C10H11N3O/c1-8(7-12-13-10(11)14)9-5-3-2-4-6-9/h2-7H,1H2,(H3,11,13,14)/b12-7+. The van der Waals surface area contributed by atoms with E-state index in [1.54, 1.807) is 0 Å². The highest BCUT2D eigenvalue weighted by Crippen LogP contribution is 2.08. The molecule has 14 heavy (non-hydrogen) atoms. The molecule has 0 atom stereocenters. The zero-order valence-electron chi connectivity index (χ0n) is 7.60. The van der Waals surface area contributed by atoms with Crippen molar-refractivity contribution in [3.05, 3.63) is 42.5 Å². The summed E-state index contributed by atoms with van der Waals surface area (Å²) in [5.41, 5.74) is 8.57. The van der Waals surface area contributed by atoms with Gasteiger partial charge >= 0.3 is 6.03 Å². The highest BCUT2D eigenvalue weighted by molar-refractivity contribution is 6.08. The van der Waals surface area contributed by atoms with Crippen LogP contribution in [0.15, 0.2) is 42.0 Å². The molecule has 0 spiro atoms. The van der Waals surface area contributed by atoms with Crippen molar-refractivity contribution in [2.24, 2.45) is 10.8 Å². The molecule has 0 aliphatic rings. The van der Waals surface area contributed by atoms with E-state index in [1.165, 1.54) is 6.21 Å². The van der Waals surface area contributed by atoms with E-state index in [0.29, 0.717) is 5.57 Å². The van der Waals surface area contributed by atoms with Crippen LogP contribution >= 0.6 is 0 Å². The molecular weight excluding hydrogens is 178 g/mol. The van der Waals surface area contributed by atoms with Crippen molar-refractivity contribution in [3.63, 3.8) is 0 Å². The molecule has 0 heterocycles. The van der Waals surface area contributed by atoms with Gasteiger partial charge in [0.25, 0.3) is 0 Å². The van der Waals surface area contributed by atoms with Gasteiger partial charge in [0.2, 0.25) is 0 Å².